The summed E-state index contributed by atoms with van der Waals surface area (Å²) in [5.74, 6) is -1.06. The van der Waals surface area contributed by atoms with Gasteiger partial charge in [-0.1, -0.05) is 37.3 Å². The number of aryl methyl sites for hydroxylation is 1. The molecule has 132 valence electrons. The van der Waals surface area contributed by atoms with Gasteiger partial charge in [-0.3, -0.25) is 9.59 Å². The van der Waals surface area contributed by atoms with E-state index in [0.717, 1.165) is 5.56 Å². The van der Waals surface area contributed by atoms with Crippen molar-refractivity contribution >= 4 is 11.9 Å². The van der Waals surface area contributed by atoms with Crippen molar-refractivity contribution in [1.29, 1.82) is 0 Å². The molecule has 0 saturated carbocycles. The van der Waals surface area contributed by atoms with Crippen LogP contribution >= 0.6 is 0 Å². The van der Waals surface area contributed by atoms with Crippen LogP contribution < -0.4 is 0 Å². The summed E-state index contributed by atoms with van der Waals surface area (Å²) in [5, 5.41) is 20.8. The van der Waals surface area contributed by atoms with Crippen molar-refractivity contribution in [2.45, 2.75) is 26.3 Å². The predicted molar refractivity (Wildman–Crippen MR) is 88.6 cm³/mol. The highest BCUT2D eigenvalue weighted by atomic mass is 16.4. The lowest BCUT2D eigenvalue weighted by Gasteiger charge is -2.24. The number of aliphatic carboxylic acids is 1. The van der Waals surface area contributed by atoms with Crippen molar-refractivity contribution in [3.8, 4) is 0 Å². The van der Waals surface area contributed by atoms with Gasteiger partial charge in [-0.2, -0.15) is 0 Å². The smallest absolute Gasteiger partial charge is 0.308 e. The van der Waals surface area contributed by atoms with Gasteiger partial charge in [0, 0.05) is 19.5 Å². The Labute approximate surface area is 145 Å². The first-order chi connectivity index (χ1) is 12.0. The standard InChI is InChI=1S/C17H21N5O3/c1-11-9-21(10-14(11)17(24)25)16(23)15(22-12(2)18-19-20-22)8-13-6-4-3-5-7-13/h3-7,11,14-15H,8-10H2,1-2H3,(H,24,25)/t11-,14-,15?/m1/s1. The number of amides is 1. The number of carboxylic acid groups (broad SMARTS) is 1. The van der Waals surface area contributed by atoms with Crippen LogP contribution in [0.1, 0.15) is 24.4 Å². The van der Waals surface area contributed by atoms with Crippen LogP contribution in [0.15, 0.2) is 30.3 Å². The number of tetrazole rings is 1. The highest BCUT2D eigenvalue weighted by Crippen LogP contribution is 2.27. The lowest BCUT2D eigenvalue weighted by atomic mass is 9.99. The average molecular weight is 343 g/mol. The van der Waals surface area contributed by atoms with E-state index in [2.05, 4.69) is 15.5 Å². The molecule has 0 aliphatic carbocycles. The minimum atomic E-state index is -0.860. The number of aromatic nitrogens is 4. The van der Waals surface area contributed by atoms with Gasteiger partial charge in [0.1, 0.15) is 11.9 Å². The number of carbonyl (C=O) groups excluding carboxylic acids is 1. The Kier molecular flexibility index (Phi) is 4.78. The molecule has 1 N–H and O–H groups in total. The first kappa shape index (κ1) is 17.1. The Morgan fingerprint density at radius 2 is 2.00 bits per heavy atom. The summed E-state index contributed by atoms with van der Waals surface area (Å²) < 4.78 is 1.52. The second-order valence-corrected chi connectivity index (χ2v) is 6.54. The molecule has 1 aliphatic heterocycles. The van der Waals surface area contributed by atoms with Crippen LogP contribution in [0.2, 0.25) is 0 Å². The summed E-state index contributed by atoms with van der Waals surface area (Å²) in [6.45, 7) is 4.27. The normalized spacial score (nSPS) is 21.3. The van der Waals surface area contributed by atoms with E-state index in [1.165, 1.54) is 4.68 Å². The molecule has 1 amide bonds. The Hall–Kier alpha value is -2.77. The highest BCUT2D eigenvalue weighted by molar-refractivity contribution is 5.82. The van der Waals surface area contributed by atoms with Gasteiger partial charge in [-0.25, -0.2) is 4.68 Å². The van der Waals surface area contributed by atoms with Gasteiger partial charge in [0.15, 0.2) is 0 Å². The minimum absolute atomic E-state index is 0.0752. The molecule has 0 spiro atoms. The predicted octanol–water partition coefficient (Wildman–Crippen LogP) is 0.944. The van der Waals surface area contributed by atoms with Gasteiger partial charge in [-0.15, -0.1) is 5.10 Å². The molecule has 0 bridgehead atoms. The third-order valence-corrected chi connectivity index (χ3v) is 4.75. The van der Waals surface area contributed by atoms with Gasteiger partial charge in [0.2, 0.25) is 5.91 Å². The van der Waals surface area contributed by atoms with Crippen LogP contribution in [0, 0.1) is 18.8 Å². The summed E-state index contributed by atoms with van der Waals surface area (Å²) in [6, 6.07) is 9.07. The first-order valence-corrected chi connectivity index (χ1v) is 8.27. The number of carbonyl (C=O) groups is 2. The van der Waals surface area contributed by atoms with E-state index in [-0.39, 0.29) is 18.4 Å². The van der Waals surface area contributed by atoms with Crippen LogP contribution in [0.4, 0.5) is 0 Å². The third kappa shape index (κ3) is 3.52. The number of likely N-dealkylation sites (tertiary alicyclic amines) is 1. The molecular formula is C17H21N5O3. The molecule has 3 rings (SSSR count). The Balaban J connectivity index is 1.86. The maximum atomic E-state index is 13.1. The van der Waals surface area contributed by atoms with E-state index in [1.54, 1.807) is 11.8 Å². The van der Waals surface area contributed by atoms with Gasteiger partial charge < -0.3 is 10.0 Å². The maximum Gasteiger partial charge on any atom is 0.308 e. The summed E-state index contributed by atoms with van der Waals surface area (Å²) in [5.41, 5.74) is 0.998. The zero-order valence-corrected chi connectivity index (χ0v) is 14.2. The molecule has 25 heavy (non-hydrogen) atoms. The van der Waals surface area contributed by atoms with E-state index in [0.29, 0.717) is 18.8 Å². The van der Waals surface area contributed by atoms with Crippen LogP contribution in [0.25, 0.3) is 0 Å². The van der Waals surface area contributed by atoms with E-state index >= 15 is 0 Å². The van der Waals surface area contributed by atoms with Crippen molar-refractivity contribution < 1.29 is 14.7 Å². The van der Waals surface area contributed by atoms with Crippen LogP contribution in [-0.4, -0.2) is 55.2 Å². The molecule has 1 fully saturated rings. The molecule has 1 aliphatic rings. The van der Waals surface area contributed by atoms with Crippen molar-refractivity contribution in [2.75, 3.05) is 13.1 Å². The molecule has 2 heterocycles. The number of hydrogen-bond donors (Lipinski definition) is 1. The molecular weight excluding hydrogens is 322 g/mol. The zero-order chi connectivity index (χ0) is 18.0. The molecule has 2 aromatic rings. The molecule has 1 unspecified atom stereocenters. The van der Waals surface area contributed by atoms with E-state index in [1.807, 2.05) is 37.3 Å². The lowest BCUT2D eigenvalue weighted by molar-refractivity contribution is -0.142. The van der Waals surface area contributed by atoms with E-state index in [9.17, 15) is 14.7 Å². The van der Waals surface area contributed by atoms with Gasteiger partial charge in [0.25, 0.3) is 0 Å². The summed E-state index contributed by atoms with van der Waals surface area (Å²) in [7, 11) is 0. The van der Waals surface area contributed by atoms with Gasteiger partial charge >= 0.3 is 5.97 Å². The number of hydrogen-bond acceptors (Lipinski definition) is 5. The quantitative estimate of drug-likeness (QED) is 0.867. The Morgan fingerprint density at radius 3 is 2.56 bits per heavy atom. The fourth-order valence-electron chi connectivity index (χ4n) is 3.32. The molecule has 1 aromatic heterocycles. The van der Waals surface area contributed by atoms with Gasteiger partial charge in [-0.05, 0) is 28.8 Å². The summed E-state index contributed by atoms with van der Waals surface area (Å²) in [6.07, 6.45) is 0.453. The second kappa shape index (κ2) is 7.00. The van der Waals surface area contributed by atoms with Crippen LogP contribution in [-0.2, 0) is 16.0 Å². The zero-order valence-electron chi connectivity index (χ0n) is 14.2. The van der Waals surface area contributed by atoms with Crippen molar-refractivity contribution in [1.82, 2.24) is 25.1 Å². The first-order valence-electron chi connectivity index (χ1n) is 8.27. The molecule has 1 saturated heterocycles. The fraction of sp³-hybridized carbons (Fsp3) is 0.471. The fourth-order valence-corrected chi connectivity index (χ4v) is 3.32. The number of rotatable bonds is 5. The average Bonchev–Trinajstić information content (AvgIpc) is 3.19. The Morgan fingerprint density at radius 1 is 1.28 bits per heavy atom. The highest BCUT2D eigenvalue weighted by Gasteiger charge is 2.39. The summed E-state index contributed by atoms with van der Waals surface area (Å²) >= 11 is 0. The van der Waals surface area contributed by atoms with E-state index in [4.69, 9.17) is 0 Å². The minimum Gasteiger partial charge on any atom is -0.481 e. The third-order valence-electron chi connectivity index (χ3n) is 4.75. The van der Waals surface area contributed by atoms with Crippen LogP contribution in [0.5, 0.6) is 0 Å². The number of carboxylic acids is 1. The Bertz CT molecular complexity index is 761. The summed E-state index contributed by atoms with van der Waals surface area (Å²) in [4.78, 5) is 26.1. The second-order valence-electron chi connectivity index (χ2n) is 6.54. The molecule has 8 nitrogen and oxygen atoms in total. The maximum absolute atomic E-state index is 13.1. The van der Waals surface area contributed by atoms with Crippen molar-refractivity contribution in [2.24, 2.45) is 11.8 Å². The molecule has 1 aromatic carbocycles. The van der Waals surface area contributed by atoms with Gasteiger partial charge in [0.05, 0.1) is 5.92 Å². The lowest BCUT2D eigenvalue weighted by Crippen LogP contribution is -2.38. The monoisotopic (exact) mass is 343 g/mol. The van der Waals surface area contributed by atoms with Crippen molar-refractivity contribution in [3.05, 3.63) is 41.7 Å². The largest absolute Gasteiger partial charge is 0.481 e. The van der Waals surface area contributed by atoms with Crippen molar-refractivity contribution in [3.63, 3.8) is 0 Å². The number of benzene rings is 1. The van der Waals surface area contributed by atoms with E-state index < -0.39 is 17.9 Å². The number of nitrogens with zero attached hydrogens (tertiary/aromatic N) is 5. The molecule has 8 heteroatoms. The molecule has 0 radical (unpaired) electrons. The van der Waals surface area contributed by atoms with Crippen LogP contribution in [0.3, 0.4) is 0 Å². The SMILES string of the molecule is Cc1nnnn1C(Cc1ccccc1)C(=O)N1C[C@@H](C)[C@H](C(=O)O)C1. The topological polar surface area (TPSA) is 101 Å². The molecule has 3 atom stereocenters.